The Kier molecular flexibility index (Phi) is 6.30. The van der Waals surface area contributed by atoms with Crippen molar-refractivity contribution in [2.75, 3.05) is 0 Å². The molecule has 0 N–H and O–H groups in total. The molecule has 3 aromatic rings. The van der Waals surface area contributed by atoms with E-state index < -0.39 is 0 Å². The lowest BCUT2D eigenvalue weighted by Gasteiger charge is -2.05. The number of para-hydroxylation sites is 1. The van der Waals surface area contributed by atoms with Gasteiger partial charge < -0.3 is 4.57 Å². The van der Waals surface area contributed by atoms with Crippen molar-refractivity contribution in [3.63, 3.8) is 0 Å². The van der Waals surface area contributed by atoms with Crippen molar-refractivity contribution in [3.05, 3.63) is 83.9 Å². The van der Waals surface area contributed by atoms with Gasteiger partial charge in [0.05, 0.1) is 5.69 Å². The van der Waals surface area contributed by atoms with Crippen LogP contribution in [-0.2, 0) is 6.54 Å². The second-order valence-electron chi connectivity index (χ2n) is 4.94. The largest absolute Gasteiger partial charge is 0.331 e. The molecular formula is C20H23N3. The lowest BCUT2D eigenvalue weighted by atomic mass is 10.1. The number of aryl methyl sites for hydroxylation is 1. The topological polar surface area (TPSA) is 30.2 Å². The maximum atomic E-state index is 4.46. The fourth-order valence-electron chi connectivity index (χ4n) is 2.14. The Morgan fingerprint density at radius 2 is 1.70 bits per heavy atom. The summed E-state index contributed by atoms with van der Waals surface area (Å²) in [5, 5.41) is 0. The van der Waals surface area contributed by atoms with Gasteiger partial charge in [0.15, 0.2) is 0 Å². The molecule has 0 aliphatic rings. The van der Waals surface area contributed by atoms with Crippen LogP contribution in [-0.4, -0.2) is 15.8 Å². The lowest BCUT2D eigenvalue weighted by Crippen LogP contribution is -2.00. The summed E-state index contributed by atoms with van der Waals surface area (Å²) in [6.45, 7) is 6.86. The van der Waals surface area contributed by atoms with Crippen LogP contribution in [0.1, 0.15) is 30.8 Å². The smallest absolute Gasteiger partial charge is 0.105 e. The summed E-state index contributed by atoms with van der Waals surface area (Å²) < 4.78 is 2.13. The van der Waals surface area contributed by atoms with E-state index in [0.29, 0.717) is 0 Å². The number of nitrogens with zero attached hydrogens (tertiary/aromatic N) is 3. The Hall–Kier alpha value is -2.68. The molecule has 0 radical (unpaired) electrons. The summed E-state index contributed by atoms with van der Waals surface area (Å²) in [5.74, 6) is 1.03. The van der Waals surface area contributed by atoms with E-state index in [1.807, 2.05) is 69.7 Å². The van der Waals surface area contributed by atoms with Crippen molar-refractivity contribution in [2.24, 2.45) is 4.99 Å². The van der Waals surface area contributed by atoms with Crippen molar-refractivity contribution >= 4 is 11.9 Å². The molecule has 0 aliphatic heterocycles. The van der Waals surface area contributed by atoms with E-state index in [-0.39, 0.29) is 0 Å². The zero-order valence-corrected chi connectivity index (χ0v) is 14.0. The summed E-state index contributed by atoms with van der Waals surface area (Å²) >= 11 is 0. The van der Waals surface area contributed by atoms with Gasteiger partial charge in [0.2, 0.25) is 0 Å². The molecule has 0 bridgehead atoms. The second kappa shape index (κ2) is 8.69. The molecule has 3 nitrogen and oxygen atoms in total. The molecule has 0 aliphatic carbocycles. The first-order chi connectivity index (χ1) is 11.3. The van der Waals surface area contributed by atoms with E-state index in [2.05, 4.69) is 38.8 Å². The molecule has 1 aromatic heterocycles. The number of aromatic nitrogens is 2. The fraction of sp³-hybridized carbons (Fsp3) is 0.200. The van der Waals surface area contributed by atoms with E-state index in [1.54, 1.807) is 0 Å². The third-order valence-electron chi connectivity index (χ3n) is 3.38. The van der Waals surface area contributed by atoms with Gasteiger partial charge in [0, 0.05) is 25.2 Å². The number of rotatable bonds is 4. The minimum absolute atomic E-state index is 0.849. The Bertz CT molecular complexity index is 725. The molecule has 118 valence electrons. The monoisotopic (exact) mass is 305 g/mol. The van der Waals surface area contributed by atoms with Crippen molar-refractivity contribution in [3.8, 4) is 0 Å². The van der Waals surface area contributed by atoms with Crippen molar-refractivity contribution in [1.29, 1.82) is 0 Å². The van der Waals surface area contributed by atoms with Crippen molar-refractivity contribution in [2.45, 2.75) is 27.3 Å². The third kappa shape index (κ3) is 4.92. The summed E-state index contributed by atoms with van der Waals surface area (Å²) in [5.41, 5.74) is 3.33. The van der Waals surface area contributed by atoms with Crippen molar-refractivity contribution in [1.82, 2.24) is 9.55 Å². The number of aliphatic imine (C=N–C) groups is 1. The molecule has 0 unspecified atom stereocenters. The first-order valence-electron chi connectivity index (χ1n) is 7.97. The van der Waals surface area contributed by atoms with E-state index in [9.17, 15) is 0 Å². The fourth-order valence-corrected chi connectivity index (χ4v) is 2.14. The van der Waals surface area contributed by atoms with Crippen LogP contribution in [0.2, 0.25) is 0 Å². The molecule has 0 spiro atoms. The zero-order chi connectivity index (χ0) is 16.5. The normalized spacial score (nSPS) is 10.4. The number of benzene rings is 2. The van der Waals surface area contributed by atoms with E-state index in [0.717, 1.165) is 23.6 Å². The highest BCUT2D eigenvalue weighted by molar-refractivity contribution is 5.81. The Morgan fingerprint density at radius 1 is 1.00 bits per heavy atom. The van der Waals surface area contributed by atoms with Gasteiger partial charge in [-0.1, -0.05) is 56.3 Å². The molecule has 3 heteroatoms. The number of hydrogen-bond acceptors (Lipinski definition) is 2. The maximum Gasteiger partial charge on any atom is 0.105 e. The van der Waals surface area contributed by atoms with Gasteiger partial charge in [-0.3, -0.25) is 4.99 Å². The van der Waals surface area contributed by atoms with Crippen LogP contribution < -0.4 is 0 Å². The minimum Gasteiger partial charge on any atom is -0.331 e. The third-order valence-corrected chi connectivity index (χ3v) is 3.38. The average Bonchev–Trinajstić information content (AvgIpc) is 3.02. The van der Waals surface area contributed by atoms with Crippen LogP contribution in [0.15, 0.2) is 72.0 Å². The van der Waals surface area contributed by atoms with Crippen LogP contribution in [0.5, 0.6) is 0 Å². The SMILES string of the molecule is CC.Cc1nccn1Cc1ccc(C=Nc2ccccc2)cc1. The molecule has 23 heavy (non-hydrogen) atoms. The van der Waals surface area contributed by atoms with Gasteiger partial charge in [0.1, 0.15) is 5.82 Å². The first kappa shape index (κ1) is 16.7. The predicted molar refractivity (Wildman–Crippen MR) is 97.6 cm³/mol. The molecule has 1 heterocycles. The van der Waals surface area contributed by atoms with Crippen molar-refractivity contribution < 1.29 is 0 Å². The molecule has 3 rings (SSSR count). The molecule has 0 fully saturated rings. The average molecular weight is 305 g/mol. The maximum absolute atomic E-state index is 4.46. The zero-order valence-electron chi connectivity index (χ0n) is 14.0. The van der Waals surface area contributed by atoms with Gasteiger partial charge in [-0.25, -0.2) is 4.98 Å². The Balaban J connectivity index is 0.000000924. The number of imidazole rings is 1. The van der Waals surface area contributed by atoms with Crippen LogP contribution in [0.3, 0.4) is 0 Å². The van der Waals surface area contributed by atoms with Crippen LogP contribution in [0.25, 0.3) is 0 Å². The molecular weight excluding hydrogens is 282 g/mol. The van der Waals surface area contributed by atoms with Gasteiger partial charge >= 0.3 is 0 Å². The standard InChI is InChI=1S/C18H17N3.C2H6/c1-15-19-11-12-21(15)14-17-9-7-16(8-10-17)13-20-18-5-3-2-4-6-18;1-2/h2-13H,14H2,1H3;1-2H3. The molecule has 2 aromatic carbocycles. The molecule has 0 saturated carbocycles. The predicted octanol–water partition coefficient (Wildman–Crippen LogP) is 5.02. The highest BCUT2D eigenvalue weighted by Crippen LogP contribution is 2.11. The summed E-state index contributed by atoms with van der Waals surface area (Å²) in [6.07, 6.45) is 5.72. The second-order valence-corrected chi connectivity index (χ2v) is 4.94. The van der Waals surface area contributed by atoms with Gasteiger partial charge in [-0.05, 0) is 30.2 Å². The number of hydrogen-bond donors (Lipinski definition) is 0. The van der Waals surface area contributed by atoms with E-state index >= 15 is 0 Å². The Labute approximate surface area is 138 Å². The van der Waals surface area contributed by atoms with Crippen LogP contribution in [0, 0.1) is 6.92 Å². The Morgan fingerprint density at radius 3 is 2.30 bits per heavy atom. The lowest BCUT2D eigenvalue weighted by molar-refractivity contribution is 0.762. The van der Waals surface area contributed by atoms with Crippen LogP contribution >= 0.6 is 0 Å². The summed E-state index contributed by atoms with van der Waals surface area (Å²) in [7, 11) is 0. The van der Waals surface area contributed by atoms with E-state index in [4.69, 9.17) is 0 Å². The minimum atomic E-state index is 0.849. The molecule has 0 saturated heterocycles. The van der Waals surface area contributed by atoms with Gasteiger partial charge in [0.25, 0.3) is 0 Å². The first-order valence-corrected chi connectivity index (χ1v) is 7.97. The quantitative estimate of drug-likeness (QED) is 0.623. The van der Waals surface area contributed by atoms with Gasteiger partial charge in [-0.15, -0.1) is 0 Å². The highest BCUT2D eigenvalue weighted by Gasteiger charge is 1.98. The van der Waals surface area contributed by atoms with E-state index in [1.165, 1.54) is 5.56 Å². The summed E-state index contributed by atoms with van der Waals surface area (Å²) in [6, 6.07) is 18.4. The highest BCUT2D eigenvalue weighted by atomic mass is 15.0. The summed E-state index contributed by atoms with van der Waals surface area (Å²) in [4.78, 5) is 8.69. The van der Waals surface area contributed by atoms with Crippen LogP contribution in [0.4, 0.5) is 5.69 Å². The van der Waals surface area contributed by atoms with Gasteiger partial charge in [-0.2, -0.15) is 0 Å². The molecule has 0 amide bonds. The molecule has 0 atom stereocenters.